The van der Waals surface area contributed by atoms with Gasteiger partial charge in [0, 0.05) is 49.1 Å². The van der Waals surface area contributed by atoms with Gasteiger partial charge in [-0.15, -0.1) is 0 Å². The quantitative estimate of drug-likeness (QED) is 0.191. The molecule has 0 unspecified atom stereocenters. The van der Waals surface area contributed by atoms with Gasteiger partial charge in [0.1, 0.15) is 5.75 Å². The lowest BCUT2D eigenvalue weighted by atomic mass is 10.1. The van der Waals surface area contributed by atoms with Crippen molar-refractivity contribution in [1.82, 2.24) is 9.55 Å². The Balaban J connectivity index is 1.22. The van der Waals surface area contributed by atoms with Gasteiger partial charge in [0.05, 0.1) is 12.3 Å². The molecule has 0 bridgehead atoms. The number of benzene rings is 3. The van der Waals surface area contributed by atoms with Crippen LogP contribution in [0.25, 0.3) is 33.1 Å². The van der Waals surface area contributed by atoms with E-state index in [9.17, 15) is 0 Å². The first-order valence-electron chi connectivity index (χ1n) is 10.7. The standard InChI is InChI=1S/C27H22Br2N2O/c28-20-8-12-26-23(17-20)24-18-21(29)9-13-27(24)31(26)15-3-4-16-32-22-10-6-19(7-11-22)25-5-1-2-14-30-25/h1-2,5-14,17-18H,3-4,15-16H2. The molecule has 5 aromatic rings. The second kappa shape index (κ2) is 9.47. The van der Waals surface area contributed by atoms with Gasteiger partial charge in [-0.25, -0.2) is 0 Å². The van der Waals surface area contributed by atoms with Crippen LogP contribution in [0.2, 0.25) is 0 Å². The minimum Gasteiger partial charge on any atom is -0.494 e. The Hall–Kier alpha value is -2.63. The molecule has 5 rings (SSSR count). The summed E-state index contributed by atoms with van der Waals surface area (Å²) in [5, 5.41) is 2.56. The topological polar surface area (TPSA) is 27.1 Å². The van der Waals surface area contributed by atoms with Crippen LogP contribution < -0.4 is 4.74 Å². The summed E-state index contributed by atoms with van der Waals surface area (Å²) in [6.45, 7) is 1.67. The summed E-state index contributed by atoms with van der Waals surface area (Å²) >= 11 is 7.24. The van der Waals surface area contributed by atoms with Crippen LogP contribution in [-0.4, -0.2) is 16.2 Å². The summed E-state index contributed by atoms with van der Waals surface area (Å²) in [6.07, 6.45) is 3.86. The van der Waals surface area contributed by atoms with Gasteiger partial charge in [0.15, 0.2) is 0 Å². The zero-order valence-corrected chi connectivity index (χ0v) is 20.6. The van der Waals surface area contributed by atoms with E-state index in [0.717, 1.165) is 45.3 Å². The van der Waals surface area contributed by atoms with Gasteiger partial charge in [0.2, 0.25) is 0 Å². The van der Waals surface area contributed by atoms with Gasteiger partial charge in [-0.1, -0.05) is 37.9 Å². The Morgan fingerprint density at radius 1 is 0.750 bits per heavy atom. The third-order valence-corrected chi connectivity index (χ3v) is 6.64. The molecule has 0 aliphatic carbocycles. The maximum Gasteiger partial charge on any atom is 0.119 e. The van der Waals surface area contributed by atoms with Gasteiger partial charge in [-0.3, -0.25) is 4.98 Å². The molecule has 0 fully saturated rings. The van der Waals surface area contributed by atoms with Crippen LogP contribution in [0.15, 0.2) is 94.0 Å². The molecule has 0 aliphatic heterocycles. The average molecular weight is 550 g/mol. The average Bonchev–Trinajstić information content (AvgIpc) is 3.12. The molecule has 0 atom stereocenters. The fourth-order valence-electron chi connectivity index (χ4n) is 4.11. The number of aromatic nitrogens is 2. The Morgan fingerprint density at radius 2 is 1.44 bits per heavy atom. The third-order valence-electron chi connectivity index (χ3n) is 5.65. The first kappa shape index (κ1) is 21.2. The molecular weight excluding hydrogens is 528 g/mol. The highest BCUT2D eigenvalue weighted by atomic mass is 79.9. The lowest BCUT2D eigenvalue weighted by Gasteiger charge is -2.09. The largest absolute Gasteiger partial charge is 0.494 e. The Bertz CT molecular complexity index is 1300. The first-order chi connectivity index (χ1) is 15.7. The molecule has 3 aromatic carbocycles. The second-order valence-electron chi connectivity index (χ2n) is 7.77. The Kier molecular flexibility index (Phi) is 6.28. The molecule has 0 radical (unpaired) electrons. The molecule has 0 saturated carbocycles. The summed E-state index contributed by atoms with van der Waals surface area (Å²) in [4.78, 5) is 4.39. The fourth-order valence-corrected chi connectivity index (χ4v) is 4.83. The van der Waals surface area contributed by atoms with Crippen molar-refractivity contribution >= 4 is 53.7 Å². The van der Waals surface area contributed by atoms with Crippen LogP contribution in [0.1, 0.15) is 12.8 Å². The highest BCUT2D eigenvalue weighted by molar-refractivity contribution is 9.10. The van der Waals surface area contributed by atoms with Crippen molar-refractivity contribution in [2.24, 2.45) is 0 Å². The minimum atomic E-state index is 0.706. The number of hydrogen-bond donors (Lipinski definition) is 0. The van der Waals surface area contributed by atoms with Gasteiger partial charge in [-0.05, 0) is 85.6 Å². The van der Waals surface area contributed by atoms with Crippen LogP contribution >= 0.6 is 31.9 Å². The van der Waals surface area contributed by atoms with Crippen LogP contribution in [0.3, 0.4) is 0 Å². The number of rotatable bonds is 7. The van der Waals surface area contributed by atoms with E-state index in [2.05, 4.69) is 89.9 Å². The Labute approximate surface area is 204 Å². The smallest absolute Gasteiger partial charge is 0.119 e. The van der Waals surface area contributed by atoms with Gasteiger partial charge < -0.3 is 9.30 Å². The number of nitrogens with zero attached hydrogens (tertiary/aromatic N) is 2. The number of halogens is 2. The monoisotopic (exact) mass is 548 g/mol. The normalized spacial score (nSPS) is 11.3. The van der Waals surface area contributed by atoms with E-state index in [1.165, 1.54) is 21.8 Å². The lowest BCUT2D eigenvalue weighted by molar-refractivity contribution is 0.304. The van der Waals surface area contributed by atoms with Crippen molar-refractivity contribution in [1.29, 1.82) is 0 Å². The van der Waals surface area contributed by atoms with E-state index < -0.39 is 0 Å². The molecule has 32 heavy (non-hydrogen) atoms. The number of aryl methyl sites for hydroxylation is 1. The summed E-state index contributed by atoms with van der Waals surface area (Å²) in [6, 6.07) is 27.2. The maximum absolute atomic E-state index is 5.98. The Morgan fingerprint density at radius 3 is 2.06 bits per heavy atom. The predicted octanol–water partition coefficient (Wildman–Crippen LogP) is 8.24. The summed E-state index contributed by atoms with van der Waals surface area (Å²) in [7, 11) is 0. The van der Waals surface area contributed by atoms with Gasteiger partial charge in [-0.2, -0.15) is 0 Å². The van der Waals surface area contributed by atoms with E-state index in [0.29, 0.717) is 6.61 Å². The van der Waals surface area contributed by atoms with Crippen molar-refractivity contribution in [3.8, 4) is 17.0 Å². The second-order valence-corrected chi connectivity index (χ2v) is 9.60. The number of fused-ring (bicyclic) bond motifs is 3. The summed E-state index contributed by atoms with van der Waals surface area (Å²) < 4.78 is 10.6. The number of ether oxygens (including phenoxy) is 1. The minimum absolute atomic E-state index is 0.706. The highest BCUT2D eigenvalue weighted by Gasteiger charge is 2.11. The van der Waals surface area contributed by atoms with Crippen molar-refractivity contribution < 1.29 is 4.74 Å². The van der Waals surface area contributed by atoms with Crippen molar-refractivity contribution in [2.45, 2.75) is 19.4 Å². The van der Waals surface area contributed by atoms with Gasteiger partial charge >= 0.3 is 0 Å². The van der Waals surface area contributed by atoms with Crippen LogP contribution in [-0.2, 0) is 6.54 Å². The van der Waals surface area contributed by atoms with Crippen LogP contribution in [0.5, 0.6) is 5.75 Å². The maximum atomic E-state index is 5.98. The first-order valence-corrected chi connectivity index (χ1v) is 12.3. The summed E-state index contributed by atoms with van der Waals surface area (Å²) in [5.41, 5.74) is 4.62. The molecule has 0 N–H and O–H groups in total. The number of unbranched alkanes of at least 4 members (excludes halogenated alkanes) is 1. The van der Waals surface area contributed by atoms with E-state index >= 15 is 0 Å². The van der Waals surface area contributed by atoms with E-state index in [-0.39, 0.29) is 0 Å². The molecule has 0 saturated heterocycles. The van der Waals surface area contributed by atoms with Crippen LogP contribution in [0, 0.1) is 0 Å². The molecule has 2 aromatic heterocycles. The molecular formula is C27H22Br2N2O. The third kappa shape index (κ3) is 4.45. The number of hydrogen-bond acceptors (Lipinski definition) is 2. The lowest BCUT2D eigenvalue weighted by Crippen LogP contribution is -2.02. The van der Waals surface area contributed by atoms with Crippen molar-refractivity contribution in [2.75, 3.05) is 6.61 Å². The molecule has 2 heterocycles. The molecule has 3 nitrogen and oxygen atoms in total. The molecule has 5 heteroatoms. The highest BCUT2D eigenvalue weighted by Crippen LogP contribution is 2.33. The molecule has 160 valence electrons. The zero-order valence-electron chi connectivity index (χ0n) is 17.5. The molecule has 0 spiro atoms. The SMILES string of the molecule is Brc1ccc2c(c1)c1cc(Br)ccc1n2CCCCOc1ccc(-c2ccccn2)cc1. The predicted molar refractivity (Wildman–Crippen MR) is 139 cm³/mol. The number of pyridine rings is 1. The van der Waals surface area contributed by atoms with Crippen LogP contribution in [0.4, 0.5) is 0 Å². The molecule has 0 aliphatic rings. The van der Waals surface area contributed by atoms with Crippen molar-refractivity contribution in [3.63, 3.8) is 0 Å². The van der Waals surface area contributed by atoms with Gasteiger partial charge in [0.25, 0.3) is 0 Å². The summed E-state index contributed by atoms with van der Waals surface area (Å²) in [5.74, 6) is 0.899. The van der Waals surface area contributed by atoms with E-state index in [1.54, 1.807) is 0 Å². The fraction of sp³-hybridized carbons (Fsp3) is 0.148. The van der Waals surface area contributed by atoms with Crippen molar-refractivity contribution in [3.05, 3.63) is 94.0 Å². The van der Waals surface area contributed by atoms with E-state index in [1.807, 2.05) is 36.5 Å². The van der Waals surface area contributed by atoms with E-state index in [4.69, 9.17) is 4.74 Å². The zero-order chi connectivity index (χ0) is 21.9. The molecule has 0 amide bonds.